The van der Waals surface area contributed by atoms with Crippen molar-refractivity contribution >= 4 is 0 Å². The molecule has 7 atom stereocenters. The Hall–Kier alpha value is -0.780. The van der Waals surface area contributed by atoms with Crippen LogP contribution in [0.25, 0.3) is 0 Å². The maximum Gasteiger partial charge on any atom is -0.0266 e. The van der Waals surface area contributed by atoms with Gasteiger partial charge in [0.1, 0.15) is 0 Å². The molecule has 0 heteroatoms. The quantitative estimate of drug-likeness (QED) is 0.516. The second-order valence-electron chi connectivity index (χ2n) is 11.2. The highest BCUT2D eigenvalue weighted by atomic mass is 14.6. The van der Waals surface area contributed by atoms with Gasteiger partial charge in [0.25, 0.3) is 0 Å². The van der Waals surface area contributed by atoms with Gasteiger partial charge in [0.15, 0.2) is 0 Å². The van der Waals surface area contributed by atoms with Gasteiger partial charge in [0.2, 0.25) is 0 Å². The first-order chi connectivity index (χ1) is 13.1. The summed E-state index contributed by atoms with van der Waals surface area (Å²) in [5.41, 5.74) is 2.90. The van der Waals surface area contributed by atoms with Crippen LogP contribution in [0.2, 0.25) is 0 Å². The first-order valence-corrected chi connectivity index (χ1v) is 12.2. The molecule has 1 aromatic carbocycles. The molecule has 0 nitrogen and oxygen atoms in total. The molecule has 148 valence electrons. The highest BCUT2D eigenvalue weighted by Gasteiger charge is 2.59. The Morgan fingerprint density at radius 2 is 1.59 bits per heavy atom. The molecule has 5 rings (SSSR count). The summed E-state index contributed by atoms with van der Waals surface area (Å²) in [6, 6.07) is 11.2. The molecule has 0 heterocycles. The highest BCUT2D eigenvalue weighted by Crippen LogP contribution is 2.67. The van der Waals surface area contributed by atoms with Crippen molar-refractivity contribution in [1.82, 2.24) is 0 Å². The van der Waals surface area contributed by atoms with Crippen molar-refractivity contribution in [3.05, 3.63) is 35.9 Å². The number of fused-ring (bicyclic) bond motifs is 5. The monoisotopic (exact) mass is 364 g/mol. The SMILES string of the molecule is C[C@]12CCCC[C@H]1CC[C@@H]1[C@@H]2CC[C@]2(C)[C@H](CCc3ccccc3)CC[C@@H]12. The van der Waals surface area contributed by atoms with Gasteiger partial charge in [-0.1, -0.05) is 57.0 Å². The van der Waals surface area contributed by atoms with E-state index in [1.165, 1.54) is 44.9 Å². The zero-order chi connectivity index (χ0) is 18.5. The number of hydrogen-bond acceptors (Lipinski definition) is 0. The van der Waals surface area contributed by atoms with Crippen molar-refractivity contribution in [2.45, 2.75) is 90.9 Å². The van der Waals surface area contributed by atoms with Gasteiger partial charge >= 0.3 is 0 Å². The third-order valence-corrected chi connectivity index (χ3v) is 10.4. The summed E-state index contributed by atoms with van der Waals surface area (Å²) in [7, 11) is 0. The number of hydrogen-bond donors (Lipinski definition) is 0. The number of rotatable bonds is 3. The predicted octanol–water partition coefficient (Wildman–Crippen LogP) is 7.67. The van der Waals surface area contributed by atoms with Gasteiger partial charge in [-0.05, 0) is 110 Å². The average molecular weight is 365 g/mol. The molecule has 4 aliphatic rings. The van der Waals surface area contributed by atoms with Crippen LogP contribution in [0.3, 0.4) is 0 Å². The van der Waals surface area contributed by atoms with Crippen molar-refractivity contribution in [1.29, 1.82) is 0 Å². The minimum absolute atomic E-state index is 0.647. The van der Waals surface area contributed by atoms with Crippen LogP contribution in [0.15, 0.2) is 30.3 Å². The van der Waals surface area contributed by atoms with Gasteiger partial charge < -0.3 is 0 Å². The Balaban J connectivity index is 1.32. The van der Waals surface area contributed by atoms with E-state index in [1.807, 2.05) is 0 Å². The normalized spacial score (nSPS) is 46.4. The smallest absolute Gasteiger partial charge is 0.0266 e. The van der Waals surface area contributed by atoms with E-state index in [0.717, 1.165) is 29.6 Å². The summed E-state index contributed by atoms with van der Waals surface area (Å²) in [6.07, 6.45) is 18.1. The largest absolute Gasteiger partial charge is 0.0622 e. The van der Waals surface area contributed by atoms with Crippen LogP contribution in [0.4, 0.5) is 0 Å². The van der Waals surface area contributed by atoms with Crippen LogP contribution < -0.4 is 0 Å². The minimum Gasteiger partial charge on any atom is -0.0622 e. The Kier molecular flexibility index (Phi) is 4.68. The first kappa shape index (κ1) is 18.3. The molecule has 1 aromatic rings. The maximum atomic E-state index is 2.72. The molecule has 0 aromatic heterocycles. The molecule has 0 bridgehead atoms. The van der Waals surface area contributed by atoms with Gasteiger partial charge in [-0.25, -0.2) is 0 Å². The van der Waals surface area contributed by atoms with E-state index in [4.69, 9.17) is 0 Å². The molecule has 4 aliphatic carbocycles. The molecular formula is C27H40. The van der Waals surface area contributed by atoms with Crippen LogP contribution in [0.1, 0.15) is 90.0 Å². The average Bonchev–Trinajstić information content (AvgIpc) is 3.03. The van der Waals surface area contributed by atoms with Gasteiger partial charge in [0.05, 0.1) is 0 Å². The molecule has 0 radical (unpaired) electrons. The molecule has 0 aliphatic heterocycles. The van der Waals surface area contributed by atoms with E-state index >= 15 is 0 Å². The lowest BCUT2D eigenvalue weighted by Gasteiger charge is -2.60. The Bertz CT molecular complexity index is 647. The van der Waals surface area contributed by atoms with Crippen molar-refractivity contribution in [2.75, 3.05) is 0 Å². The summed E-state index contributed by atoms with van der Waals surface area (Å²) in [4.78, 5) is 0. The molecule has 4 saturated carbocycles. The first-order valence-electron chi connectivity index (χ1n) is 12.2. The number of aryl methyl sites for hydroxylation is 1. The topological polar surface area (TPSA) is 0 Å². The second kappa shape index (κ2) is 6.93. The summed E-state index contributed by atoms with van der Waals surface area (Å²) in [6.45, 7) is 5.43. The summed E-state index contributed by atoms with van der Waals surface area (Å²) >= 11 is 0. The fourth-order valence-corrected chi connectivity index (χ4v) is 8.86. The molecule has 0 amide bonds. The molecule has 4 fully saturated rings. The summed E-state index contributed by atoms with van der Waals surface area (Å²) in [5.74, 6) is 5.19. The molecule has 0 saturated heterocycles. The zero-order valence-electron chi connectivity index (χ0n) is 17.8. The third-order valence-electron chi connectivity index (χ3n) is 10.4. The van der Waals surface area contributed by atoms with E-state index in [1.54, 1.807) is 37.7 Å². The van der Waals surface area contributed by atoms with E-state index < -0.39 is 0 Å². The summed E-state index contributed by atoms with van der Waals surface area (Å²) in [5, 5.41) is 0. The second-order valence-corrected chi connectivity index (χ2v) is 11.2. The fourth-order valence-electron chi connectivity index (χ4n) is 8.86. The van der Waals surface area contributed by atoms with Gasteiger partial charge in [-0.2, -0.15) is 0 Å². The van der Waals surface area contributed by atoms with E-state index in [0.29, 0.717) is 10.8 Å². The van der Waals surface area contributed by atoms with Crippen LogP contribution >= 0.6 is 0 Å². The van der Waals surface area contributed by atoms with Crippen LogP contribution in [0, 0.1) is 40.4 Å². The van der Waals surface area contributed by atoms with Crippen molar-refractivity contribution in [2.24, 2.45) is 40.4 Å². The van der Waals surface area contributed by atoms with E-state index in [-0.39, 0.29) is 0 Å². The van der Waals surface area contributed by atoms with E-state index in [2.05, 4.69) is 44.2 Å². The summed E-state index contributed by atoms with van der Waals surface area (Å²) < 4.78 is 0. The predicted molar refractivity (Wildman–Crippen MR) is 115 cm³/mol. The fraction of sp³-hybridized carbons (Fsp3) is 0.778. The lowest BCUT2D eigenvalue weighted by atomic mass is 9.45. The van der Waals surface area contributed by atoms with Crippen molar-refractivity contribution in [3.8, 4) is 0 Å². The third kappa shape index (κ3) is 2.92. The molecule has 27 heavy (non-hydrogen) atoms. The molecule has 0 N–H and O–H groups in total. The Morgan fingerprint density at radius 3 is 2.44 bits per heavy atom. The molecular weight excluding hydrogens is 324 g/mol. The van der Waals surface area contributed by atoms with Gasteiger partial charge in [-0.15, -0.1) is 0 Å². The standard InChI is InChI=1S/C27H40/c1-26-18-7-6-10-21(26)13-15-23-24-16-14-22(27(24,2)19-17-25(23)26)12-11-20-8-4-3-5-9-20/h3-5,8-9,21-25H,6-7,10-19H2,1-2H3/t21-,22+,23-,24-,25-,26-,27+/m0/s1. The Morgan fingerprint density at radius 1 is 0.778 bits per heavy atom. The van der Waals surface area contributed by atoms with Gasteiger partial charge in [0, 0.05) is 0 Å². The van der Waals surface area contributed by atoms with Crippen LogP contribution in [-0.4, -0.2) is 0 Å². The van der Waals surface area contributed by atoms with Gasteiger partial charge in [-0.3, -0.25) is 0 Å². The highest BCUT2D eigenvalue weighted by molar-refractivity contribution is 5.15. The Labute approximate surface area is 167 Å². The zero-order valence-corrected chi connectivity index (χ0v) is 17.8. The van der Waals surface area contributed by atoms with Crippen LogP contribution in [0.5, 0.6) is 0 Å². The lowest BCUT2D eigenvalue weighted by molar-refractivity contribution is -0.111. The number of benzene rings is 1. The van der Waals surface area contributed by atoms with Crippen LogP contribution in [-0.2, 0) is 6.42 Å². The van der Waals surface area contributed by atoms with E-state index in [9.17, 15) is 0 Å². The van der Waals surface area contributed by atoms with Crippen molar-refractivity contribution in [3.63, 3.8) is 0 Å². The maximum absolute atomic E-state index is 2.72. The minimum atomic E-state index is 0.647. The van der Waals surface area contributed by atoms with Crippen molar-refractivity contribution < 1.29 is 0 Å². The lowest BCUT2D eigenvalue weighted by Crippen LogP contribution is -2.52. The molecule has 0 spiro atoms. The molecule has 0 unspecified atom stereocenters.